The third-order valence-corrected chi connectivity index (χ3v) is 4.52. The van der Waals surface area contributed by atoms with Gasteiger partial charge >= 0.3 is 0 Å². The van der Waals surface area contributed by atoms with E-state index < -0.39 is 6.17 Å². The first-order valence-electron chi connectivity index (χ1n) is 8.10. The average Bonchev–Trinajstić information content (AvgIpc) is 3.15. The third-order valence-electron chi connectivity index (χ3n) is 4.52. The Morgan fingerprint density at radius 2 is 2.30 bits per heavy atom. The van der Waals surface area contributed by atoms with E-state index in [2.05, 4.69) is 51.9 Å². The molecule has 2 aromatic heterocycles. The second-order valence-corrected chi connectivity index (χ2v) is 6.66. The van der Waals surface area contributed by atoms with Crippen LogP contribution in [0.1, 0.15) is 23.6 Å². The summed E-state index contributed by atoms with van der Waals surface area (Å²) < 4.78 is 21.3. The minimum absolute atomic E-state index is 0.209. The lowest BCUT2D eigenvalue weighted by molar-refractivity contribution is 0.165. The summed E-state index contributed by atoms with van der Waals surface area (Å²) in [6.07, 6.45) is 1.88. The van der Waals surface area contributed by atoms with Crippen molar-refractivity contribution in [3.05, 3.63) is 41.5 Å². The van der Waals surface area contributed by atoms with Gasteiger partial charge in [0, 0.05) is 50.7 Å². The summed E-state index contributed by atoms with van der Waals surface area (Å²) in [5, 5.41) is 3.91. The smallest absolute Gasteiger partial charge is 0.150 e. The summed E-state index contributed by atoms with van der Waals surface area (Å²) in [5.74, 6) is 0.812. The minimum atomic E-state index is -0.757. The number of nitrogens with zero attached hydrogens (tertiary/aromatic N) is 4. The fourth-order valence-electron chi connectivity index (χ4n) is 3.36. The topological polar surface area (TPSA) is 37.4 Å². The molecule has 5 nitrogen and oxygen atoms in total. The molecule has 6 heteroatoms. The van der Waals surface area contributed by atoms with Crippen molar-refractivity contribution in [3.8, 4) is 0 Å². The third kappa shape index (κ3) is 4.00. The van der Waals surface area contributed by atoms with Gasteiger partial charge in [-0.1, -0.05) is 5.16 Å². The van der Waals surface area contributed by atoms with E-state index in [0.717, 1.165) is 24.5 Å². The van der Waals surface area contributed by atoms with Crippen molar-refractivity contribution in [2.24, 2.45) is 7.05 Å². The van der Waals surface area contributed by atoms with Crippen LogP contribution in [0.25, 0.3) is 0 Å². The van der Waals surface area contributed by atoms with Crippen LogP contribution < -0.4 is 0 Å². The lowest BCUT2D eigenvalue weighted by Gasteiger charge is -2.27. The summed E-state index contributed by atoms with van der Waals surface area (Å²) in [5.41, 5.74) is 2.13. The lowest BCUT2D eigenvalue weighted by Crippen LogP contribution is -2.38. The summed E-state index contributed by atoms with van der Waals surface area (Å²) >= 11 is 0. The van der Waals surface area contributed by atoms with Crippen molar-refractivity contribution in [1.82, 2.24) is 19.5 Å². The highest BCUT2D eigenvalue weighted by Gasteiger charge is 2.33. The predicted octanol–water partition coefficient (Wildman–Crippen LogP) is 2.37. The van der Waals surface area contributed by atoms with Crippen LogP contribution in [0.2, 0.25) is 0 Å². The Kier molecular flexibility index (Phi) is 4.82. The van der Waals surface area contributed by atoms with Crippen molar-refractivity contribution < 1.29 is 8.91 Å². The molecule has 0 aliphatic carbocycles. The van der Waals surface area contributed by atoms with Gasteiger partial charge < -0.3 is 9.09 Å². The highest BCUT2D eigenvalue weighted by molar-refractivity contribution is 5.07. The molecule has 0 unspecified atom stereocenters. The molecule has 0 amide bonds. The molecule has 1 aliphatic heterocycles. The monoisotopic (exact) mass is 320 g/mol. The number of likely N-dealkylation sites (tertiary alicyclic amines) is 1. The molecule has 3 heterocycles. The zero-order valence-electron chi connectivity index (χ0n) is 14.1. The number of hydrogen-bond acceptors (Lipinski definition) is 4. The quantitative estimate of drug-likeness (QED) is 0.819. The first-order valence-corrected chi connectivity index (χ1v) is 8.10. The van der Waals surface area contributed by atoms with Gasteiger partial charge in [0.2, 0.25) is 0 Å². The van der Waals surface area contributed by atoms with Crippen LogP contribution in [-0.2, 0) is 20.1 Å². The van der Waals surface area contributed by atoms with Crippen LogP contribution in [0.4, 0.5) is 4.39 Å². The van der Waals surface area contributed by atoms with Crippen LogP contribution in [0.5, 0.6) is 0 Å². The maximum absolute atomic E-state index is 13.9. The van der Waals surface area contributed by atoms with Gasteiger partial charge in [-0.2, -0.15) is 0 Å². The Labute approximate surface area is 136 Å². The summed E-state index contributed by atoms with van der Waals surface area (Å²) in [6, 6.07) is 6.31. The van der Waals surface area contributed by atoms with E-state index in [1.54, 1.807) is 0 Å². The van der Waals surface area contributed by atoms with E-state index in [-0.39, 0.29) is 6.04 Å². The zero-order valence-corrected chi connectivity index (χ0v) is 14.1. The molecule has 0 spiro atoms. The largest absolute Gasteiger partial charge is 0.360 e. The van der Waals surface area contributed by atoms with Crippen molar-refractivity contribution in [1.29, 1.82) is 0 Å². The molecule has 0 aromatic carbocycles. The standard InChI is InChI=1S/C17H25FN4O/c1-13-7-17(23-19-13)12-22-9-14(18)8-16(22)11-20(2)10-15-5-4-6-21(15)3/h4-7,14,16H,8-12H2,1-3H3/t14-,16-/m0/s1. The van der Waals surface area contributed by atoms with Crippen molar-refractivity contribution in [3.63, 3.8) is 0 Å². The molecule has 0 bridgehead atoms. The first-order chi connectivity index (χ1) is 11.0. The van der Waals surface area contributed by atoms with Gasteiger partial charge in [0.05, 0.1) is 12.2 Å². The molecule has 2 atom stereocenters. The predicted molar refractivity (Wildman–Crippen MR) is 86.7 cm³/mol. The second kappa shape index (κ2) is 6.84. The van der Waals surface area contributed by atoms with Gasteiger partial charge in [-0.25, -0.2) is 4.39 Å². The molecule has 1 fully saturated rings. The van der Waals surface area contributed by atoms with E-state index in [1.807, 2.05) is 13.0 Å². The van der Waals surface area contributed by atoms with E-state index in [4.69, 9.17) is 4.52 Å². The van der Waals surface area contributed by atoms with E-state index in [9.17, 15) is 4.39 Å². The number of hydrogen-bond donors (Lipinski definition) is 0. The van der Waals surface area contributed by atoms with Crippen molar-refractivity contribution in [2.45, 2.75) is 38.6 Å². The van der Waals surface area contributed by atoms with E-state index in [0.29, 0.717) is 19.5 Å². The maximum atomic E-state index is 13.9. The highest BCUT2D eigenvalue weighted by Crippen LogP contribution is 2.24. The molecule has 0 radical (unpaired) electrons. The van der Waals surface area contributed by atoms with Gasteiger partial charge in [-0.3, -0.25) is 9.80 Å². The van der Waals surface area contributed by atoms with E-state index >= 15 is 0 Å². The van der Waals surface area contributed by atoms with Crippen LogP contribution >= 0.6 is 0 Å². The number of aryl methyl sites for hydroxylation is 2. The van der Waals surface area contributed by atoms with E-state index in [1.165, 1.54) is 5.69 Å². The molecule has 3 rings (SSSR count). The number of rotatable bonds is 6. The Hall–Kier alpha value is -1.66. The molecule has 0 saturated carbocycles. The maximum Gasteiger partial charge on any atom is 0.150 e. The highest BCUT2D eigenvalue weighted by atomic mass is 19.1. The minimum Gasteiger partial charge on any atom is -0.360 e. The van der Waals surface area contributed by atoms with Crippen molar-refractivity contribution in [2.75, 3.05) is 20.1 Å². The fraction of sp³-hybridized carbons (Fsp3) is 0.588. The van der Waals surface area contributed by atoms with Crippen LogP contribution in [0.15, 0.2) is 28.9 Å². The molecule has 2 aromatic rings. The van der Waals surface area contributed by atoms with Crippen LogP contribution in [0.3, 0.4) is 0 Å². The number of halogens is 1. The molecule has 0 N–H and O–H groups in total. The molecule has 23 heavy (non-hydrogen) atoms. The van der Waals surface area contributed by atoms with Crippen LogP contribution in [0, 0.1) is 6.92 Å². The summed E-state index contributed by atoms with van der Waals surface area (Å²) in [4.78, 5) is 4.43. The Bertz CT molecular complexity index is 638. The molecule has 1 aliphatic rings. The van der Waals surface area contributed by atoms with Gasteiger partial charge in [-0.15, -0.1) is 0 Å². The summed E-state index contributed by atoms with van der Waals surface area (Å²) in [7, 11) is 4.14. The Morgan fingerprint density at radius 3 is 2.96 bits per heavy atom. The second-order valence-electron chi connectivity index (χ2n) is 6.66. The van der Waals surface area contributed by atoms with Gasteiger partial charge in [-0.05, 0) is 32.5 Å². The zero-order chi connectivity index (χ0) is 16.4. The first kappa shape index (κ1) is 16.2. The SMILES string of the molecule is Cc1cc(CN2C[C@@H](F)C[C@H]2CN(C)Cc2cccn2C)on1. The fourth-order valence-corrected chi connectivity index (χ4v) is 3.36. The Morgan fingerprint density at radius 1 is 1.48 bits per heavy atom. The molecular weight excluding hydrogens is 295 g/mol. The summed E-state index contributed by atoms with van der Waals surface area (Å²) in [6.45, 7) is 4.72. The van der Waals surface area contributed by atoms with Crippen LogP contribution in [-0.4, -0.2) is 51.9 Å². The van der Waals surface area contributed by atoms with Gasteiger partial charge in [0.1, 0.15) is 6.17 Å². The number of alkyl halides is 1. The van der Waals surface area contributed by atoms with Crippen molar-refractivity contribution >= 4 is 0 Å². The number of aromatic nitrogens is 2. The Balaban J connectivity index is 1.59. The van der Waals surface area contributed by atoms with Gasteiger partial charge in [0.15, 0.2) is 5.76 Å². The molecule has 1 saturated heterocycles. The normalized spacial score (nSPS) is 22.3. The van der Waals surface area contributed by atoms with Gasteiger partial charge in [0.25, 0.3) is 0 Å². The molecular formula is C17H25FN4O. The average molecular weight is 320 g/mol. The lowest BCUT2D eigenvalue weighted by atomic mass is 10.2. The molecule has 126 valence electrons. The number of likely N-dealkylation sites (N-methyl/N-ethyl adjacent to an activating group) is 1.